The molecule has 0 heterocycles. The van der Waals surface area contributed by atoms with E-state index in [2.05, 4.69) is 20.0 Å². The highest BCUT2D eigenvalue weighted by atomic mass is 28.4. The predicted octanol–water partition coefficient (Wildman–Crippen LogP) is 6.67. The minimum Gasteiger partial charge on any atom is -0.432 e. The summed E-state index contributed by atoms with van der Waals surface area (Å²) in [6.45, 7) is 6.39. The maximum atomic E-state index is 9.75. The average Bonchev–Trinajstić information content (AvgIpc) is 2.38. The molecule has 0 aliphatic heterocycles. The minimum atomic E-state index is -1.76. The standard InChI is InChI=1S/C18H40OSi/c1-4-5-6-7-8-9-10-11-12-13-14-15-16-17-18-20(2,3)19/h19H,4-18H2,1-3H3. The molecule has 0 unspecified atom stereocenters. The van der Waals surface area contributed by atoms with Crippen molar-refractivity contribution in [1.82, 2.24) is 0 Å². The van der Waals surface area contributed by atoms with E-state index in [1.165, 1.54) is 89.9 Å². The summed E-state index contributed by atoms with van der Waals surface area (Å²) in [4.78, 5) is 9.75. The molecule has 0 aromatic rings. The zero-order chi connectivity index (χ0) is 15.1. The van der Waals surface area contributed by atoms with Crippen molar-refractivity contribution in [2.24, 2.45) is 0 Å². The molecule has 122 valence electrons. The topological polar surface area (TPSA) is 20.2 Å². The highest BCUT2D eigenvalue weighted by Crippen LogP contribution is 2.15. The summed E-state index contributed by atoms with van der Waals surface area (Å²) in [5, 5.41) is 0. The summed E-state index contributed by atoms with van der Waals surface area (Å²) < 4.78 is 0. The van der Waals surface area contributed by atoms with Crippen molar-refractivity contribution < 1.29 is 4.80 Å². The molecule has 0 aliphatic rings. The van der Waals surface area contributed by atoms with Crippen LogP contribution in [-0.4, -0.2) is 13.1 Å². The third-order valence-electron chi connectivity index (χ3n) is 4.14. The number of hydrogen-bond donors (Lipinski definition) is 1. The molecule has 0 aliphatic carbocycles. The van der Waals surface area contributed by atoms with Crippen LogP contribution >= 0.6 is 0 Å². The van der Waals surface area contributed by atoms with Crippen molar-refractivity contribution >= 4 is 8.32 Å². The van der Waals surface area contributed by atoms with Crippen LogP contribution < -0.4 is 0 Å². The Hall–Kier alpha value is 0.177. The first kappa shape index (κ1) is 20.2. The fourth-order valence-electron chi connectivity index (χ4n) is 2.75. The molecule has 0 bridgehead atoms. The second-order valence-electron chi connectivity index (χ2n) is 7.16. The second kappa shape index (κ2) is 14.1. The first-order valence-electron chi connectivity index (χ1n) is 9.28. The third kappa shape index (κ3) is 18.2. The average molecular weight is 301 g/mol. The Bertz CT molecular complexity index is 186. The first-order chi connectivity index (χ1) is 9.56. The largest absolute Gasteiger partial charge is 0.432 e. The first-order valence-corrected chi connectivity index (χ1v) is 12.4. The summed E-state index contributed by atoms with van der Waals surface area (Å²) in [7, 11) is -1.76. The molecular weight excluding hydrogens is 260 g/mol. The van der Waals surface area contributed by atoms with Crippen LogP contribution in [0.2, 0.25) is 19.1 Å². The monoisotopic (exact) mass is 300 g/mol. The summed E-state index contributed by atoms with van der Waals surface area (Å²) in [6, 6.07) is 1.09. The Kier molecular flexibility index (Phi) is 14.3. The van der Waals surface area contributed by atoms with Crippen molar-refractivity contribution in [3.8, 4) is 0 Å². The van der Waals surface area contributed by atoms with Crippen LogP contribution in [-0.2, 0) is 0 Å². The van der Waals surface area contributed by atoms with Gasteiger partial charge in [-0.3, -0.25) is 0 Å². The van der Waals surface area contributed by atoms with Gasteiger partial charge in [0, 0.05) is 0 Å². The lowest BCUT2D eigenvalue weighted by Crippen LogP contribution is -2.23. The van der Waals surface area contributed by atoms with E-state index in [1.54, 1.807) is 0 Å². The third-order valence-corrected chi connectivity index (χ3v) is 5.72. The summed E-state index contributed by atoms with van der Waals surface area (Å²) in [5.41, 5.74) is 0. The second-order valence-corrected chi connectivity index (χ2v) is 11.3. The molecule has 20 heavy (non-hydrogen) atoms. The molecule has 0 spiro atoms. The predicted molar refractivity (Wildman–Crippen MR) is 94.8 cm³/mol. The molecule has 0 rings (SSSR count). The molecule has 0 fully saturated rings. The van der Waals surface area contributed by atoms with Crippen molar-refractivity contribution in [3.63, 3.8) is 0 Å². The van der Waals surface area contributed by atoms with Gasteiger partial charge in [0.2, 0.25) is 0 Å². The molecule has 0 atom stereocenters. The van der Waals surface area contributed by atoms with Crippen molar-refractivity contribution in [1.29, 1.82) is 0 Å². The molecule has 0 saturated carbocycles. The van der Waals surface area contributed by atoms with Crippen LogP contribution in [0, 0.1) is 0 Å². The van der Waals surface area contributed by atoms with Gasteiger partial charge >= 0.3 is 0 Å². The maximum absolute atomic E-state index is 9.75. The van der Waals surface area contributed by atoms with Gasteiger partial charge in [0.15, 0.2) is 8.32 Å². The van der Waals surface area contributed by atoms with Gasteiger partial charge in [0.1, 0.15) is 0 Å². The lowest BCUT2D eigenvalue weighted by molar-refractivity contribution is 0.525. The van der Waals surface area contributed by atoms with Gasteiger partial charge in [-0.05, 0) is 19.1 Å². The van der Waals surface area contributed by atoms with Crippen LogP contribution in [0.1, 0.15) is 96.8 Å². The molecule has 1 N–H and O–H groups in total. The Morgan fingerprint density at radius 2 is 0.850 bits per heavy atom. The van der Waals surface area contributed by atoms with E-state index < -0.39 is 8.32 Å². The Balaban J connectivity index is 2.99. The fraction of sp³-hybridized carbons (Fsp3) is 1.00. The molecule has 1 nitrogen and oxygen atoms in total. The van der Waals surface area contributed by atoms with E-state index in [0.29, 0.717) is 0 Å². The zero-order valence-electron chi connectivity index (χ0n) is 14.6. The zero-order valence-corrected chi connectivity index (χ0v) is 15.6. The van der Waals surface area contributed by atoms with E-state index >= 15 is 0 Å². The van der Waals surface area contributed by atoms with Gasteiger partial charge in [-0.1, -0.05) is 96.8 Å². The van der Waals surface area contributed by atoms with Gasteiger partial charge in [0.05, 0.1) is 0 Å². The lowest BCUT2D eigenvalue weighted by atomic mass is 10.0. The summed E-state index contributed by atoms with van der Waals surface area (Å²) >= 11 is 0. The number of unbranched alkanes of at least 4 members (excludes halogenated alkanes) is 13. The van der Waals surface area contributed by atoms with Gasteiger partial charge in [-0.25, -0.2) is 0 Å². The Labute approximate surface area is 129 Å². The van der Waals surface area contributed by atoms with Crippen LogP contribution in [0.5, 0.6) is 0 Å². The SMILES string of the molecule is CCCCCCCCCCCCCCCC[Si](C)(C)O. The van der Waals surface area contributed by atoms with E-state index in [-0.39, 0.29) is 0 Å². The highest BCUT2D eigenvalue weighted by Gasteiger charge is 2.14. The molecule has 2 heteroatoms. The van der Waals surface area contributed by atoms with Crippen molar-refractivity contribution in [2.45, 2.75) is 116 Å². The van der Waals surface area contributed by atoms with Gasteiger partial charge < -0.3 is 4.80 Å². The van der Waals surface area contributed by atoms with Crippen LogP contribution in [0.3, 0.4) is 0 Å². The smallest absolute Gasteiger partial charge is 0.182 e. The van der Waals surface area contributed by atoms with E-state index in [4.69, 9.17) is 0 Å². The summed E-state index contributed by atoms with van der Waals surface area (Å²) in [6.07, 6.45) is 19.7. The van der Waals surface area contributed by atoms with Crippen molar-refractivity contribution in [2.75, 3.05) is 0 Å². The van der Waals surface area contributed by atoms with Gasteiger partial charge in [-0.15, -0.1) is 0 Å². The maximum Gasteiger partial charge on any atom is 0.182 e. The number of hydrogen-bond acceptors (Lipinski definition) is 1. The van der Waals surface area contributed by atoms with Crippen molar-refractivity contribution in [3.05, 3.63) is 0 Å². The van der Waals surface area contributed by atoms with E-state index in [9.17, 15) is 4.80 Å². The van der Waals surface area contributed by atoms with Crippen LogP contribution in [0.4, 0.5) is 0 Å². The van der Waals surface area contributed by atoms with E-state index in [1.807, 2.05) is 0 Å². The molecule has 0 aromatic carbocycles. The molecule has 0 aromatic heterocycles. The molecular formula is C18H40OSi. The lowest BCUT2D eigenvalue weighted by Gasteiger charge is -2.12. The number of rotatable bonds is 15. The van der Waals surface area contributed by atoms with Gasteiger partial charge in [0.25, 0.3) is 0 Å². The van der Waals surface area contributed by atoms with E-state index in [0.717, 1.165) is 6.04 Å². The van der Waals surface area contributed by atoms with Crippen LogP contribution in [0.15, 0.2) is 0 Å². The summed E-state index contributed by atoms with van der Waals surface area (Å²) in [5.74, 6) is 0. The molecule has 0 radical (unpaired) electrons. The quantitative estimate of drug-likeness (QED) is 0.265. The Morgan fingerprint density at radius 3 is 1.15 bits per heavy atom. The minimum absolute atomic E-state index is 1.09. The molecule has 0 saturated heterocycles. The van der Waals surface area contributed by atoms with Gasteiger partial charge in [-0.2, -0.15) is 0 Å². The highest BCUT2D eigenvalue weighted by molar-refractivity contribution is 6.69. The van der Waals surface area contributed by atoms with Crippen LogP contribution in [0.25, 0.3) is 0 Å². The normalized spacial score (nSPS) is 12.0. The molecule has 0 amide bonds. The Morgan fingerprint density at radius 1 is 0.550 bits per heavy atom. The fourth-order valence-corrected chi connectivity index (χ4v) is 3.87.